The first kappa shape index (κ1) is 10.7. The minimum absolute atomic E-state index is 0.298. The monoisotopic (exact) mass is 236 g/mol. The van der Waals surface area contributed by atoms with Crippen LogP contribution in [-0.4, -0.2) is 9.97 Å². The van der Waals surface area contributed by atoms with Gasteiger partial charge in [-0.05, 0) is 22.4 Å². The molecule has 0 aliphatic rings. The Balaban J connectivity index is 2.07. The Labute approximate surface area is 104 Å². The number of rotatable bonds is 2. The zero-order chi connectivity index (χ0) is 12.4. The van der Waals surface area contributed by atoms with E-state index in [9.17, 15) is 4.79 Å². The summed E-state index contributed by atoms with van der Waals surface area (Å²) in [6, 6.07) is 16.3. The Morgan fingerprint density at radius 1 is 1.00 bits per heavy atom. The van der Waals surface area contributed by atoms with Crippen molar-refractivity contribution in [2.45, 2.75) is 6.42 Å². The molecule has 88 valence electrons. The molecule has 3 heteroatoms. The maximum absolute atomic E-state index is 11.2. The summed E-state index contributed by atoms with van der Waals surface area (Å²) >= 11 is 0. The topological polar surface area (TPSA) is 45.8 Å². The van der Waals surface area contributed by atoms with Crippen molar-refractivity contribution < 1.29 is 0 Å². The van der Waals surface area contributed by atoms with E-state index in [2.05, 4.69) is 34.2 Å². The van der Waals surface area contributed by atoms with E-state index in [-0.39, 0.29) is 5.69 Å². The van der Waals surface area contributed by atoms with Crippen molar-refractivity contribution in [1.29, 1.82) is 0 Å². The fourth-order valence-corrected chi connectivity index (χ4v) is 2.16. The fourth-order valence-electron chi connectivity index (χ4n) is 2.16. The highest BCUT2D eigenvalue weighted by molar-refractivity contribution is 5.85. The summed E-state index contributed by atoms with van der Waals surface area (Å²) in [6.45, 7) is 0. The van der Waals surface area contributed by atoms with Gasteiger partial charge in [-0.2, -0.15) is 0 Å². The van der Waals surface area contributed by atoms with Crippen molar-refractivity contribution in [1.82, 2.24) is 9.97 Å². The molecule has 1 heterocycles. The van der Waals surface area contributed by atoms with Gasteiger partial charge in [0.25, 0.3) is 0 Å². The first-order valence-corrected chi connectivity index (χ1v) is 5.84. The van der Waals surface area contributed by atoms with Gasteiger partial charge in [-0.15, -0.1) is 0 Å². The predicted octanol–water partition coefficient (Wildman–Crippen LogP) is 2.51. The van der Waals surface area contributed by atoms with Crippen LogP contribution in [0, 0.1) is 0 Å². The molecule has 0 unspecified atom stereocenters. The Morgan fingerprint density at radius 3 is 2.72 bits per heavy atom. The summed E-state index contributed by atoms with van der Waals surface area (Å²) in [4.78, 5) is 17.6. The van der Waals surface area contributed by atoms with Crippen LogP contribution in [0.3, 0.4) is 0 Å². The lowest BCUT2D eigenvalue weighted by atomic mass is 10.0. The Kier molecular flexibility index (Phi) is 2.65. The molecular formula is C15H12N2O. The zero-order valence-electron chi connectivity index (χ0n) is 9.76. The molecule has 0 saturated heterocycles. The first-order chi connectivity index (χ1) is 8.83. The summed E-state index contributed by atoms with van der Waals surface area (Å²) in [5.41, 5.74) is 1.79. The van der Waals surface area contributed by atoms with Crippen LogP contribution in [0.4, 0.5) is 0 Å². The summed E-state index contributed by atoms with van der Waals surface area (Å²) < 4.78 is 0. The van der Waals surface area contributed by atoms with Crippen LogP contribution in [0.15, 0.2) is 59.5 Å². The number of aromatic nitrogens is 2. The van der Waals surface area contributed by atoms with Crippen LogP contribution in [-0.2, 0) is 6.42 Å². The molecule has 2 aromatic carbocycles. The van der Waals surface area contributed by atoms with E-state index in [0.29, 0.717) is 6.42 Å². The van der Waals surface area contributed by atoms with Crippen LogP contribution in [0.1, 0.15) is 11.3 Å². The molecule has 0 amide bonds. The van der Waals surface area contributed by atoms with Crippen LogP contribution in [0.25, 0.3) is 10.8 Å². The van der Waals surface area contributed by atoms with Crippen molar-refractivity contribution in [3.05, 3.63) is 76.5 Å². The van der Waals surface area contributed by atoms with E-state index < -0.39 is 0 Å². The van der Waals surface area contributed by atoms with E-state index in [1.807, 2.05) is 24.3 Å². The highest BCUT2D eigenvalue weighted by Gasteiger charge is 2.02. The van der Waals surface area contributed by atoms with Crippen LogP contribution < -0.4 is 5.69 Å². The van der Waals surface area contributed by atoms with Crippen molar-refractivity contribution in [2.75, 3.05) is 0 Å². The van der Waals surface area contributed by atoms with Crippen LogP contribution >= 0.6 is 0 Å². The molecule has 0 saturated carbocycles. The van der Waals surface area contributed by atoms with E-state index >= 15 is 0 Å². The molecule has 0 aliphatic carbocycles. The van der Waals surface area contributed by atoms with Gasteiger partial charge in [-0.25, -0.2) is 9.78 Å². The number of hydrogen-bond donors (Lipinski definition) is 1. The van der Waals surface area contributed by atoms with Crippen LogP contribution in [0.2, 0.25) is 0 Å². The Morgan fingerprint density at radius 2 is 1.83 bits per heavy atom. The third-order valence-corrected chi connectivity index (χ3v) is 3.00. The molecule has 3 nitrogen and oxygen atoms in total. The molecule has 0 aliphatic heterocycles. The van der Waals surface area contributed by atoms with Gasteiger partial charge in [0.2, 0.25) is 0 Å². The normalized spacial score (nSPS) is 10.7. The number of benzene rings is 2. The molecule has 18 heavy (non-hydrogen) atoms. The molecule has 3 aromatic rings. The second-order valence-corrected chi connectivity index (χ2v) is 4.22. The average Bonchev–Trinajstić information content (AvgIpc) is 2.39. The number of nitrogens with zero attached hydrogens (tertiary/aromatic N) is 1. The maximum Gasteiger partial charge on any atom is 0.345 e. The van der Waals surface area contributed by atoms with E-state index in [4.69, 9.17) is 0 Å². The number of aromatic amines is 1. The van der Waals surface area contributed by atoms with E-state index in [1.54, 1.807) is 6.20 Å². The van der Waals surface area contributed by atoms with Crippen molar-refractivity contribution >= 4 is 10.8 Å². The second kappa shape index (κ2) is 4.45. The lowest BCUT2D eigenvalue weighted by molar-refractivity contribution is 0.981. The van der Waals surface area contributed by atoms with Gasteiger partial charge >= 0.3 is 5.69 Å². The molecule has 0 radical (unpaired) electrons. The predicted molar refractivity (Wildman–Crippen MR) is 71.6 cm³/mol. The summed E-state index contributed by atoms with van der Waals surface area (Å²) in [5, 5.41) is 2.43. The third kappa shape index (κ3) is 2.02. The summed E-state index contributed by atoms with van der Waals surface area (Å²) in [6.07, 6.45) is 2.25. The Bertz CT molecular complexity index is 741. The third-order valence-electron chi connectivity index (χ3n) is 3.00. The van der Waals surface area contributed by atoms with Gasteiger partial charge < -0.3 is 4.98 Å². The minimum Gasteiger partial charge on any atom is -0.309 e. The molecule has 0 fully saturated rings. The number of H-pyrrole nitrogens is 1. The standard InChI is InChI=1S/C15H12N2O/c18-15-16-9-8-13(17-15)10-12-6-3-5-11-4-1-2-7-14(11)12/h1-9H,10H2,(H,16,17,18). The highest BCUT2D eigenvalue weighted by Crippen LogP contribution is 2.20. The van der Waals surface area contributed by atoms with E-state index in [0.717, 1.165) is 5.69 Å². The lowest BCUT2D eigenvalue weighted by Gasteiger charge is -2.06. The first-order valence-electron chi connectivity index (χ1n) is 5.84. The smallest absolute Gasteiger partial charge is 0.309 e. The zero-order valence-corrected chi connectivity index (χ0v) is 9.76. The molecule has 0 bridgehead atoms. The van der Waals surface area contributed by atoms with Crippen molar-refractivity contribution in [3.8, 4) is 0 Å². The number of fused-ring (bicyclic) bond motifs is 1. The second-order valence-electron chi connectivity index (χ2n) is 4.22. The van der Waals surface area contributed by atoms with Gasteiger partial charge in [-0.3, -0.25) is 0 Å². The quantitative estimate of drug-likeness (QED) is 0.743. The van der Waals surface area contributed by atoms with Crippen LogP contribution in [0.5, 0.6) is 0 Å². The van der Waals surface area contributed by atoms with Gasteiger partial charge in [0.1, 0.15) is 0 Å². The fraction of sp³-hybridized carbons (Fsp3) is 0.0667. The highest BCUT2D eigenvalue weighted by atomic mass is 16.1. The Hall–Kier alpha value is -2.42. The molecule has 1 N–H and O–H groups in total. The SMILES string of the molecule is O=c1nccc(Cc2cccc3ccccc23)[nH]1. The summed E-state index contributed by atoms with van der Waals surface area (Å²) in [5.74, 6) is 0. The largest absolute Gasteiger partial charge is 0.345 e. The minimum atomic E-state index is -0.298. The van der Waals surface area contributed by atoms with Gasteiger partial charge in [-0.1, -0.05) is 42.5 Å². The molecule has 1 aromatic heterocycles. The average molecular weight is 236 g/mol. The van der Waals surface area contributed by atoms with Gasteiger partial charge in [0, 0.05) is 18.3 Å². The lowest BCUT2D eigenvalue weighted by Crippen LogP contribution is -2.11. The molecule has 0 spiro atoms. The molecular weight excluding hydrogens is 224 g/mol. The van der Waals surface area contributed by atoms with Crippen molar-refractivity contribution in [3.63, 3.8) is 0 Å². The number of nitrogens with one attached hydrogen (secondary N) is 1. The van der Waals surface area contributed by atoms with Crippen molar-refractivity contribution in [2.24, 2.45) is 0 Å². The molecule has 3 rings (SSSR count). The van der Waals surface area contributed by atoms with Gasteiger partial charge in [0.15, 0.2) is 0 Å². The van der Waals surface area contributed by atoms with Gasteiger partial charge in [0.05, 0.1) is 0 Å². The molecule has 0 atom stereocenters. The number of hydrogen-bond acceptors (Lipinski definition) is 2. The maximum atomic E-state index is 11.2. The van der Waals surface area contributed by atoms with E-state index in [1.165, 1.54) is 16.3 Å². The summed E-state index contributed by atoms with van der Waals surface area (Å²) in [7, 11) is 0.